The molecule has 4 N–H and O–H groups in total. The highest BCUT2D eigenvalue weighted by Gasteiger charge is 2.35. The van der Waals surface area contributed by atoms with Crippen molar-refractivity contribution in [3.8, 4) is 12.3 Å². The first-order valence-corrected chi connectivity index (χ1v) is 3.36. The van der Waals surface area contributed by atoms with Crippen LogP contribution < -0.4 is 5.73 Å². The van der Waals surface area contributed by atoms with E-state index in [0.717, 1.165) is 0 Å². The molecule has 1 rings (SSSR count). The van der Waals surface area contributed by atoms with Crippen LogP contribution in [0.15, 0.2) is 0 Å². The average molecular weight is 157 g/mol. The number of nitrogens with two attached hydrogens (primary N) is 1. The normalized spacial score (nSPS) is 44.9. The summed E-state index contributed by atoms with van der Waals surface area (Å²) in [4.78, 5) is 0. The maximum atomic E-state index is 9.21. The van der Waals surface area contributed by atoms with E-state index in [0.29, 0.717) is 0 Å². The third-order valence-corrected chi connectivity index (χ3v) is 1.73. The third kappa shape index (κ3) is 1.52. The van der Waals surface area contributed by atoms with Gasteiger partial charge in [-0.3, -0.25) is 0 Å². The Kier molecular flexibility index (Phi) is 2.47. The van der Waals surface area contributed by atoms with Gasteiger partial charge in [-0.2, -0.15) is 0 Å². The van der Waals surface area contributed by atoms with Crippen molar-refractivity contribution in [2.45, 2.75) is 24.4 Å². The quantitative estimate of drug-likeness (QED) is 0.358. The largest absolute Gasteiger partial charge is 0.389 e. The standard InChI is InChI=1S/C7H11NO3/c1-2-5-7(10)6(9)4(8)3-11-5/h1,4-7,9-10H,3,8H2/t4-,5+,6+,7-/m0/s1. The summed E-state index contributed by atoms with van der Waals surface area (Å²) in [7, 11) is 0. The molecule has 0 amide bonds. The van der Waals surface area contributed by atoms with Crippen LogP contribution in [0, 0.1) is 12.3 Å². The summed E-state index contributed by atoms with van der Waals surface area (Å²) in [5.41, 5.74) is 5.38. The minimum absolute atomic E-state index is 0.188. The van der Waals surface area contributed by atoms with Crippen molar-refractivity contribution in [2.75, 3.05) is 6.61 Å². The molecular formula is C7H11NO3. The van der Waals surface area contributed by atoms with Crippen LogP contribution in [-0.4, -0.2) is 41.2 Å². The Labute approximate surface area is 65.0 Å². The number of ether oxygens (including phenoxy) is 1. The second kappa shape index (κ2) is 3.20. The molecule has 4 heteroatoms. The molecule has 0 aromatic carbocycles. The monoisotopic (exact) mass is 157 g/mol. The lowest BCUT2D eigenvalue weighted by Gasteiger charge is -2.33. The van der Waals surface area contributed by atoms with Crippen LogP contribution in [0.3, 0.4) is 0 Å². The molecule has 4 atom stereocenters. The lowest BCUT2D eigenvalue weighted by Crippen LogP contribution is -2.55. The number of hydrogen-bond donors (Lipinski definition) is 3. The van der Waals surface area contributed by atoms with E-state index in [9.17, 15) is 10.2 Å². The lowest BCUT2D eigenvalue weighted by atomic mass is 9.99. The van der Waals surface area contributed by atoms with Gasteiger partial charge in [0, 0.05) is 0 Å². The first kappa shape index (κ1) is 8.50. The number of aliphatic hydroxyl groups is 2. The second-order valence-electron chi connectivity index (χ2n) is 2.57. The van der Waals surface area contributed by atoms with Crippen molar-refractivity contribution in [3.63, 3.8) is 0 Å². The van der Waals surface area contributed by atoms with Gasteiger partial charge in [0.1, 0.15) is 18.3 Å². The molecule has 0 saturated carbocycles. The van der Waals surface area contributed by atoms with Gasteiger partial charge in [-0.15, -0.1) is 6.42 Å². The summed E-state index contributed by atoms with van der Waals surface area (Å²) in [6.45, 7) is 0.188. The van der Waals surface area contributed by atoms with Crippen LogP contribution in [0.1, 0.15) is 0 Å². The predicted molar refractivity (Wildman–Crippen MR) is 38.6 cm³/mol. The molecular weight excluding hydrogens is 146 g/mol. The van der Waals surface area contributed by atoms with E-state index < -0.39 is 24.4 Å². The maximum Gasteiger partial charge on any atom is 0.146 e. The first-order valence-electron chi connectivity index (χ1n) is 3.36. The predicted octanol–water partition coefficient (Wildman–Crippen LogP) is -1.93. The molecule has 0 spiro atoms. The zero-order valence-corrected chi connectivity index (χ0v) is 5.97. The minimum atomic E-state index is -1.07. The average Bonchev–Trinajstić information content (AvgIpc) is 2.01. The molecule has 0 radical (unpaired) electrons. The van der Waals surface area contributed by atoms with E-state index in [4.69, 9.17) is 16.9 Å². The Morgan fingerprint density at radius 2 is 2.09 bits per heavy atom. The number of aliphatic hydroxyl groups excluding tert-OH is 2. The molecule has 1 heterocycles. The zero-order chi connectivity index (χ0) is 8.43. The fourth-order valence-corrected chi connectivity index (χ4v) is 0.991. The molecule has 11 heavy (non-hydrogen) atoms. The fraction of sp³-hybridized carbons (Fsp3) is 0.714. The topological polar surface area (TPSA) is 75.7 Å². The Morgan fingerprint density at radius 3 is 2.64 bits per heavy atom. The van der Waals surface area contributed by atoms with Gasteiger partial charge in [0.25, 0.3) is 0 Å². The van der Waals surface area contributed by atoms with Crippen LogP contribution in [0.5, 0.6) is 0 Å². The SMILES string of the molecule is C#C[C@H]1OC[C@H](N)[C@@H](O)[C@H]1O. The highest BCUT2D eigenvalue weighted by molar-refractivity contribution is 5.04. The van der Waals surface area contributed by atoms with Gasteiger partial charge < -0.3 is 20.7 Å². The van der Waals surface area contributed by atoms with Crippen LogP contribution in [0.25, 0.3) is 0 Å². The molecule has 4 nitrogen and oxygen atoms in total. The van der Waals surface area contributed by atoms with Crippen LogP contribution in [0.2, 0.25) is 0 Å². The van der Waals surface area contributed by atoms with E-state index in [1.807, 2.05) is 0 Å². The summed E-state index contributed by atoms with van der Waals surface area (Å²) < 4.78 is 4.95. The summed E-state index contributed by atoms with van der Waals surface area (Å²) in [6, 6.07) is -0.547. The van der Waals surface area contributed by atoms with E-state index in [-0.39, 0.29) is 6.61 Å². The van der Waals surface area contributed by atoms with Gasteiger partial charge in [0.15, 0.2) is 0 Å². The lowest BCUT2D eigenvalue weighted by molar-refractivity contribution is -0.123. The second-order valence-corrected chi connectivity index (χ2v) is 2.57. The van der Waals surface area contributed by atoms with Gasteiger partial charge >= 0.3 is 0 Å². The van der Waals surface area contributed by atoms with Gasteiger partial charge in [-0.25, -0.2) is 0 Å². The summed E-state index contributed by atoms with van der Waals surface area (Å²) in [5.74, 6) is 2.22. The molecule has 0 aliphatic carbocycles. The van der Waals surface area contributed by atoms with Crippen LogP contribution in [-0.2, 0) is 4.74 Å². The molecule has 62 valence electrons. The van der Waals surface area contributed by atoms with Gasteiger partial charge in [-0.05, 0) is 0 Å². The van der Waals surface area contributed by atoms with Crippen molar-refractivity contribution in [1.82, 2.24) is 0 Å². The van der Waals surface area contributed by atoms with E-state index in [2.05, 4.69) is 5.92 Å². The Morgan fingerprint density at radius 1 is 1.45 bits per heavy atom. The van der Waals surface area contributed by atoms with Crippen LogP contribution >= 0.6 is 0 Å². The van der Waals surface area contributed by atoms with E-state index in [1.165, 1.54) is 0 Å². The smallest absolute Gasteiger partial charge is 0.146 e. The first-order chi connectivity index (χ1) is 5.16. The summed E-state index contributed by atoms with van der Waals surface area (Å²) in [6.07, 6.45) is 2.24. The molecule has 0 aromatic rings. The van der Waals surface area contributed by atoms with Crippen LogP contribution in [0.4, 0.5) is 0 Å². The number of hydrogen-bond acceptors (Lipinski definition) is 4. The highest BCUT2D eigenvalue weighted by atomic mass is 16.5. The zero-order valence-electron chi connectivity index (χ0n) is 5.97. The molecule has 1 aliphatic rings. The summed E-state index contributed by atoms with van der Waals surface area (Å²) in [5, 5.41) is 18.4. The number of rotatable bonds is 0. The molecule has 0 aromatic heterocycles. The van der Waals surface area contributed by atoms with Crippen molar-refractivity contribution < 1.29 is 14.9 Å². The molecule has 0 unspecified atom stereocenters. The van der Waals surface area contributed by atoms with Crippen molar-refractivity contribution >= 4 is 0 Å². The fourth-order valence-electron chi connectivity index (χ4n) is 0.991. The van der Waals surface area contributed by atoms with Gasteiger partial charge in [-0.1, -0.05) is 5.92 Å². The highest BCUT2D eigenvalue weighted by Crippen LogP contribution is 2.12. The molecule has 0 bridgehead atoms. The third-order valence-electron chi connectivity index (χ3n) is 1.73. The van der Waals surface area contributed by atoms with Crippen molar-refractivity contribution in [2.24, 2.45) is 5.73 Å². The molecule has 1 aliphatic heterocycles. The maximum absolute atomic E-state index is 9.21. The van der Waals surface area contributed by atoms with E-state index in [1.54, 1.807) is 0 Å². The van der Waals surface area contributed by atoms with Crippen molar-refractivity contribution in [1.29, 1.82) is 0 Å². The van der Waals surface area contributed by atoms with Gasteiger partial charge in [0.2, 0.25) is 0 Å². The van der Waals surface area contributed by atoms with Crippen molar-refractivity contribution in [3.05, 3.63) is 0 Å². The Hall–Kier alpha value is -0.600. The Balaban J connectivity index is 2.61. The minimum Gasteiger partial charge on any atom is -0.389 e. The van der Waals surface area contributed by atoms with Gasteiger partial charge in [0.05, 0.1) is 12.6 Å². The number of terminal acetylenes is 1. The molecule has 1 fully saturated rings. The van der Waals surface area contributed by atoms with E-state index >= 15 is 0 Å². The summed E-state index contributed by atoms with van der Waals surface area (Å²) >= 11 is 0. The Bertz CT molecular complexity index is 177. The molecule has 1 saturated heterocycles.